The molecule has 0 aliphatic heterocycles. The third kappa shape index (κ3) is 1.61. The first-order valence-electron chi connectivity index (χ1n) is 5.15. The minimum atomic E-state index is 0.618. The summed E-state index contributed by atoms with van der Waals surface area (Å²) in [4.78, 5) is 0. The van der Waals surface area contributed by atoms with Crippen LogP contribution in [-0.4, -0.2) is 16.3 Å². The van der Waals surface area contributed by atoms with E-state index in [1.165, 1.54) is 24.1 Å². The van der Waals surface area contributed by atoms with Crippen molar-refractivity contribution in [3.05, 3.63) is 15.9 Å². The second-order valence-corrected chi connectivity index (χ2v) is 4.70. The van der Waals surface area contributed by atoms with Gasteiger partial charge in [-0.15, -0.1) is 0 Å². The number of rotatable bonds is 2. The van der Waals surface area contributed by atoms with Gasteiger partial charge in [0.2, 0.25) is 0 Å². The van der Waals surface area contributed by atoms with Crippen molar-refractivity contribution >= 4 is 15.9 Å². The molecule has 1 unspecified atom stereocenters. The Hall–Kier alpha value is -0.350. The first-order valence-corrected chi connectivity index (χ1v) is 5.94. The van der Waals surface area contributed by atoms with Gasteiger partial charge in [-0.2, -0.15) is 5.10 Å². The van der Waals surface area contributed by atoms with E-state index in [2.05, 4.69) is 21.0 Å². The fourth-order valence-electron chi connectivity index (χ4n) is 2.43. The second-order valence-electron chi connectivity index (χ2n) is 3.94. The van der Waals surface area contributed by atoms with Crippen molar-refractivity contribution in [2.75, 3.05) is 6.54 Å². The topological polar surface area (TPSA) is 43.8 Å². The number of halogens is 1. The molecule has 0 amide bonds. The highest BCUT2D eigenvalue weighted by Crippen LogP contribution is 2.36. The molecule has 2 N–H and O–H groups in total. The van der Waals surface area contributed by atoms with Crippen molar-refractivity contribution in [1.82, 2.24) is 9.78 Å². The number of nitrogens with zero attached hydrogens (tertiary/aromatic N) is 2. The molecular weight excluding hydrogens is 242 g/mol. The number of aromatic nitrogens is 2. The van der Waals surface area contributed by atoms with Crippen molar-refractivity contribution in [2.45, 2.75) is 31.6 Å². The Labute approximate surface area is 92.8 Å². The molecular formula is C10H16BrN3. The highest BCUT2D eigenvalue weighted by Gasteiger charge is 2.25. The Morgan fingerprint density at radius 3 is 3.14 bits per heavy atom. The van der Waals surface area contributed by atoms with Gasteiger partial charge in [0.05, 0.1) is 0 Å². The smallest absolute Gasteiger partial charge is 0.131 e. The summed E-state index contributed by atoms with van der Waals surface area (Å²) in [5.74, 6) is 0.618. The first kappa shape index (κ1) is 10.2. The summed E-state index contributed by atoms with van der Waals surface area (Å²) in [5, 5.41) is 4.42. The molecule has 0 bridgehead atoms. The first-order chi connectivity index (χ1) is 6.74. The van der Waals surface area contributed by atoms with E-state index in [-0.39, 0.29) is 0 Å². The van der Waals surface area contributed by atoms with Crippen molar-refractivity contribution in [3.63, 3.8) is 0 Å². The molecule has 0 spiro atoms. The van der Waals surface area contributed by atoms with Crippen LogP contribution in [0.4, 0.5) is 0 Å². The van der Waals surface area contributed by atoms with Crippen LogP contribution in [0.3, 0.4) is 0 Å². The molecule has 3 nitrogen and oxygen atoms in total. The van der Waals surface area contributed by atoms with Gasteiger partial charge in [-0.25, -0.2) is 0 Å². The van der Waals surface area contributed by atoms with Crippen LogP contribution in [0.25, 0.3) is 0 Å². The zero-order chi connectivity index (χ0) is 10.1. The Kier molecular flexibility index (Phi) is 2.93. The van der Waals surface area contributed by atoms with Crippen molar-refractivity contribution < 1.29 is 0 Å². The van der Waals surface area contributed by atoms with E-state index in [1.54, 1.807) is 0 Å². The molecule has 1 aromatic heterocycles. The average molecular weight is 258 g/mol. The van der Waals surface area contributed by atoms with Gasteiger partial charge >= 0.3 is 0 Å². The predicted molar refractivity (Wildman–Crippen MR) is 60.3 cm³/mol. The van der Waals surface area contributed by atoms with Gasteiger partial charge in [-0.3, -0.25) is 4.68 Å². The lowest BCUT2D eigenvalue weighted by Gasteiger charge is -2.22. The molecule has 78 valence electrons. The molecule has 0 aromatic carbocycles. The van der Waals surface area contributed by atoms with Gasteiger partial charge in [0.25, 0.3) is 0 Å². The highest BCUT2D eigenvalue weighted by molar-refractivity contribution is 9.10. The summed E-state index contributed by atoms with van der Waals surface area (Å²) in [7, 11) is 2.03. The molecule has 0 saturated carbocycles. The molecule has 14 heavy (non-hydrogen) atoms. The van der Waals surface area contributed by atoms with Crippen LogP contribution in [-0.2, 0) is 13.5 Å². The van der Waals surface area contributed by atoms with Gasteiger partial charge in [0, 0.05) is 24.2 Å². The van der Waals surface area contributed by atoms with Crippen LogP contribution < -0.4 is 5.73 Å². The van der Waals surface area contributed by atoms with Crippen molar-refractivity contribution in [2.24, 2.45) is 12.8 Å². The Balaban J connectivity index is 2.37. The number of fused-ring (bicyclic) bond motifs is 1. The summed E-state index contributed by atoms with van der Waals surface area (Å²) >= 11 is 3.52. The minimum Gasteiger partial charge on any atom is -0.330 e. The molecule has 2 rings (SSSR count). The Morgan fingerprint density at radius 2 is 2.43 bits per heavy atom. The SMILES string of the molecule is Cn1nc(Br)c2c1C(CCN)CCC2. The average Bonchev–Trinajstić information content (AvgIpc) is 2.44. The fourth-order valence-corrected chi connectivity index (χ4v) is 3.07. The van der Waals surface area contributed by atoms with Crippen LogP contribution in [0.5, 0.6) is 0 Å². The summed E-state index contributed by atoms with van der Waals surface area (Å²) in [6.45, 7) is 0.771. The molecule has 0 radical (unpaired) electrons. The second kappa shape index (κ2) is 4.03. The molecule has 1 aromatic rings. The van der Waals surface area contributed by atoms with Crippen molar-refractivity contribution in [1.29, 1.82) is 0 Å². The molecule has 1 atom stereocenters. The molecule has 1 aliphatic carbocycles. The highest BCUT2D eigenvalue weighted by atomic mass is 79.9. The lowest BCUT2D eigenvalue weighted by atomic mass is 9.86. The summed E-state index contributed by atoms with van der Waals surface area (Å²) in [6, 6.07) is 0. The summed E-state index contributed by atoms with van der Waals surface area (Å²) in [6.07, 6.45) is 4.77. The van der Waals surface area contributed by atoms with Gasteiger partial charge in [0.15, 0.2) is 0 Å². The van der Waals surface area contributed by atoms with Gasteiger partial charge < -0.3 is 5.73 Å². The van der Waals surface area contributed by atoms with Crippen LogP contribution in [0.15, 0.2) is 4.60 Å². The lowest BCUT2D eigenvalue weighted by molar-refractivity contribution is 0.491. The third-order valence-electron chi connectivity index (χ3n) is 3.03. The maximum absolute atomic E-state index is 5.63. The fraction of sp³-hybridized carbons (Fsp3) is 0.700. The number of hydrogen-bond donors (Lipinski definition) is 1. The Bertz CT molecular complexity index is 332. The maximum Gasteiger partial charge on any atom is 0.131 e. The molecule has 0 saturated heterocycles. The number of nitrogens with two attached hydrogens (primary N) is 1. The van der Waals surface area contributed by atoms with E-state index in [4.69, 9.17) is 5.73 Å². The largest absolute Gasteiger partial charge is 0.330 e. The van der Waals surface area contributed by atoms with Crippen LogP contribution >= 0.6 is 15.9 Å². The van der Waals surface area contributed by atoms with Crippen LogP contribution in [0, 0.1) is 0 Å². The molecule has 4 heteroatoms. The van der Waals surface area contributed by atoms with E-state index in [0.717, 1.165) is 24.0 Å². The van der Waals surface area contributed by atoms with Gasteiger partial charge in [-0.1, -0.05) is 0 Å². The number of hydrogen-bond acceptors (Lipinski definition) is 2. The summed E-state index contributed by atoms with van der Waals surface area (Å²) < 4.78 is 3.04. The Morgan fingerprint density at radius 1 is 1.64 bits per heavy atom. The zero-order valence-electron chi connectivity index (χ0n) is 8.46. The zero-order valence-corrected chi connectivity index (χ0v) is 10.0. The standard InChI is InChI=1S/C10H16BrN3/c1-14-9-7(5-6-12)3-2-4-8(9)10(11)13-14/h7H,2-6,12H2,1H3. The van der Waals surface area contributed by atoms with Gasteiger partial charge in [-0.05, 0) is 48.2 Å². The normalized spacial score (nSPS) is 20.9. The third-order valence-corrected chi connectivity index (χ3v) is 3.66. The maximum atomic E-state index is 5.63. The quantitative estimate of drug-likeness (QED) is 0.881. The van der Waals surface area contributed by atoms with E-state index in [1.807, 2.05) is 11.7 Å². The van der Waals surface area contributed by atoms with E-state index < -0.39 is 0 Å². The van der Waals surface area contributed by atoms with E-state index >= 15 is 0 Å². The molecule has 0 fully saturated rings. The van der Waals surface area contributed by atoms with Gasteiger partial charge in [0.1, 0.15) is 4.60 Å². The van der Waals surface area contributed by atoms with E-state index in [9.17, 15) is 0 Å². The monoisotopic (exact) mass is 257 g/mol. The predicted octanol–water partition coefficient (Wildman–Crippen LogP) is 1.95. The van der Waals surface area contributed by atoms with Crippen LogP contribution in [0.1, 0.15) is 36.4 Å². The minimum absolute atomic E-state index is 0.618. The van der Waals surface area contributed by atoms with Crippen LogP contribution in [0.2, 0.25) is 0 Å². The lowest BCUT2D eigenvalue weighted by Crippen LogP contribution is -2.16. The van der Waals surface area contributed by atoms with E-state index in [0.29, 0.717) is 5.92 Å². The molecule has 1 aliphatic rings. The molecule has 1 heterocycles. The van der Waals surface area contributed by atoms with Crippen molar-refractivity contribution in [3.8, 4) is 0 Å². The summed E-state index contributed by atoms with van der Waals surface area (Å²) in [5.41, 5.74) is 8.43. The number of aryl methyl sites for hydroxylation is 1.